The van der Waals surface area contributed by atoms with E-state index in [9.17, 15) is 0 Å². The topological polar surface area (TPSA) is 23.9 Å². The molecule has 1 heteroatoms. The van der Waals surface area contributed by atoms with Crippen molar-refractivity contribution in [2.45, 2.75) is 41.5 Å². The molecule has 0 aliphatic heterocycles. The van der Waals surface area contributed by atoms with Crippen LogP contribution < -0.4 is 0 Å². The van der Waals surface area contributed by atoms with E-state index in [2.05, 4.69) is 47.6 Å². The maximum Gasteiger partial charge on any atom is 0.0370 e. The molecule has 0 saturated heterocycles. The second-order valence-corrected chi connectivity index (χ2v) is 4.59. The lowest BCUT2D eigenvalue weighted by Gasteiger charge is -2.16. The van der Waals surface area contributed by atoms with Crippen LogP contribution in [-0.2, 0) is 0 Å². The lowest BCUT2D eigenvalue weighted by molar-refractivity contribution is 0.738. The van der Waals surface area contributed by atoms with E-state index >= 15 is 0 Å². The standard InChI is InChI=1S/C12H23N/c1-8(2)7-11(9(3)4)12(13)10(5)6/h7-10,13H,1-6H3/b11-7+,13-12?. The Morgan fingerprint density at radius 2 is 1.38 bits per heavy atom. The van der Waals surface area contributed by atoms with Crippen LogP contribution in [0.25, 0.3) is 0 Å². The maximum absolute atomic E-state index is 7.96. The minimum Gasteiger partial charge on any atom is -0.305 e. The average molecular weight is 181 g/mol. The maximum atomic E-state index is 7.96. The van der Waals surface area contributed by atoms with Gasteiger partial charge in [0.15, 0.2) is 0 Å². The van der Waals surface area contributed by atoms with Gasteiger partial charge in [-0.1, -0.05) is 47.6 Å². The molecular weight excluding hydrogens is 158 g/mol. The van der Waals surface area contributed by atoms with Gasteiger partial charge < -0.3 is 5.41 Å². The number of nitrogens with one attached hydrogen (secondary N) is 1. The van der Waals surface area contributed by atoms with Gasteiger partial charge in [0, 0.05) is 5.71 Å². The van der Waals surface area contributed by atoms with E-state index in [1.165, 1.54) is 5.57 Å². The predicted octanol–water partition coefficient (Wildman–Crippen LogP) is 3.90. The summed E-state index contributed by atoms with van der Waals surface area (Å²) in [7, 11) is 0. The molecule has 0 aliphatic carbocycles. The van der Waals surface area contributed by atoms with Gasteiger partial charge in [0.25, 0.3) is 0 Å². The summed E-state index contributed by atoms with van der Waals surface area (Å²) in [4.78, 5) is 0. The van der Waals surface area contributed by atoms with Crippen LogP contribution in [0.3, 0.4) is 0 Å². The molecule has 13 heavy (non-hydrogen) atoms. The summed E-state index contributed by atoms with van der Waals surface area (Å²) < 4.78 is 0. The van der Waals surface area contributed by atoms with E-state index in [4.69, 9.17) is 5.41 Å². The van der Waals surface area contributed by atoms with Crippen LogP contribution in [0, 0.1) is 23.2 Å². The van der Waals surface area contributed by atoms with Gasteiger partial charge in [0.05, 0.1) is 0 Å². The van der Waals surface area contributed by atoms with Crippen molar-refractivity contribution in [1.29, 1.82) is 5.41 Å². The highest BCUT2D eigenvalue weighted by Crippen LogP contribution is 2.18. The van der Waals surface area contributed by atoms with Crippen molar-refractivity contribution in [2.75, 3.05) is 0 Å². The highest BCUT2D eigenvalue weighted by molar-refractivity contribution is 5.99. The third kappa shape index (κ3) is 4.25. The zero-order valence-electron chi connectivity index (χ0n) is 9.81. The Hall–Kier alpha value is -0.590. The van der Waals surface area contributed by atoms with Crippen molar-refractivity contribution in [1.82, 2.24) is 0 Å². The van der Waals surface area contributed by atoms with Gasteiger partial charge in [-0.3, -0.25) is 0 Å². The first-order chi connectivity index (χ1) is 5.86. The zero-order valence-corrected chi connectivity index (χ0v) is 9.81. The third-order valence-corrected chi connectivity index (χ3v) is 2.02. The fourth-order valence-electron chi connectivity index (χ4n) is 1.29. The predicted molar refractivity (Wildman–Crippen MR) is 60.3 cm³/mol. The minimum atomic E-state index is 0.340. The minimum absolute atomic E-state index is 0.340. The van der Waals surface area contributed by atoms with Crippen molar-refractivity contribution in [3.63, 3.8) is 0 Å². The summed E-state index contributed by atoms with van der Waals surface area (Å²) in [5, 5.41) is 7.96. The number of hydrogen-bond acceptors (Lipinski definition) is 1. The molecule has 0 aromatic rings. The molecule has 0 rings (SSSR count). The monoisotopic (exact) mass is 181 g/mol. The Labute approximate surface area is 82.7 Å². The molecule has 0 atom stereocenters. The molecule has 0 unspecified atom stereocenters. The van der Waals surface area contributed by atoms with Crippen molar-refractivity contribution in [2.24, 2.45) is 17.8 Å². The van der Waals surface area contributed by atoms with Crippen LogP contribution in [0.5, 0.6) is 0 Å². The lowest BCUT2D eigenvalue weighted by Crippen LogP contribution is -2.14. The molecule has 0 amide bonds. The third-order valence-electron chi connectivity index (χ3n) is 2.02. The van der Waals surface area contributed by atoms with Crippen molar-refractivity contribution >= 4 is 5.71 Å². The Morgan fingerprint density at radius 1 is 0.923 bits per heavy atom. The molecular formula is C12H23N. The van der Waals surface area contributed by atoms with Gasteiger partial charge in [0.1, 0.15) is 0 Å². The van der Waals surface area contributed by atoms with Gasteiger partial charge in [-0.25, -0.2) is 0 Å². The first-order valence-corrected chi connectivity index (χ1v) is 5.16. The Bertz CT molecular complexity index is 197. The highest BCUT2D eigenvalue weighted by Gasteiger charge is 2.12. The van der Waals surface area contributed by atoms with Crippen LogP contribution in [0.4, 0.5) is 0 Å². The molecule has 0 fully saturated rings. The molecule has 1 N–H and O–H groups in total. The number of hydrogen-bond donors (Lipinski definition) is 1. The molecule has 0 aromatic heterocycles. The fourth-order valence-corrected chi connectivity index (χ4v) is 1.29. The van der Waals surface area contributed by atoms with Crippen molar-refractivity contribution in [3.8, 4) is 0 Å². The molecule has 1 nitrogen and oxygen atoms in total. The van der Waals surface area contributed by atoms with Crippen LogP contribution in [0.15, 0.2) is 11.6 Å². The lowest BCUT2D eigenvalue weighted by atomic mass is 9.89. The van der Waals surface area contributed by atoms with Gasteiger partial charge in [-0.2, -0.15) is 0 Å². The largest absolute Gasteiger partial charge is 0.305 e. The van der Waals surface area contributed by atoms with Crippen LogP contribution >= 0.6 is 0 Å². The van der Waals surface area contributed by atoms with Crippen LogP contribution in [0.1, 0.15) is 41.5 Å². The first-order valence-electron chi connectivity index (χ1n) is 5.16. The normalized spacial score (nSPS) is 13.2. The molecule has 0 heterocycles. The van der Waals surface area contributed by atoms with E-state index in [-0.39, 0.29) is 0 Å². The van der Waals surface area contributed by atoms with Crippen LogP contribution in [-0.4, -0.2) is 5.71 Å². The first kappa shape index (κ1) is 12.4. The summed E-state index contributed by atoms with van der Waals surface area (Å²) >= 11 is 0. The number of rotatable bonds is 4. The van der Waals surface area contributed by atoms with E-state index in [0.717, 1.165) is 5.71 Å². The second-order valence-electron chi connectivity index (χ2n) is 4.59. The Balaban J connectivity index is 4.72. The second kappa shape index (κ2) is 5.21. The van der Waals surface area contributed by atoms with E-state index in [1.807, 2.05) is 0 Å². The van der Waals surface area contributed by atoms with Crippen LogP contribution in [0.2, 0.25) is 0 Å². The zero-order chi connectivity index (χ0) is 10.6. The average Bonchev–Trinajstić information content (AvgIpc) is 1.97. The number of allylic oxidation sites excluding steroid dienone is 2. The summed E-state index contributed by atoms with van der Waals surface area (Å²) in [6.07, 6.45) is 2.22. The van der Waals surface area contributed by atoms with Gasteiger partial charge in [-0.15, -0.1) is 0 Å². The molecule has 0 spiro atoms. The van der Waals surface area contributed by atoms with E-state index in [1.54, 1.807) is 0 Å². The van der Waals surface area contributed by atoms with Crippen molar-refractivity contribution < 1.29 is 0 Å². The molecule has 0 aliphatic rings. The molecule has 0 saturated carbocycles. The summed E-state index contributed by atoms with van der Waals surface area (Å²) in [6.45, 7) is 12.8. The SMILES string of the molecule is CC(C)/C=C(/C(=N)C(C)C)C(C)C. The molecule has 76 valence electrons. The quantitative estimate of drug-likeness (QED) is 0.636. The smallest absolute Gasteiger partial charge is 0.0370 e. The fraction of sp³-hybridized carbons (Fsp3) is 0.750. The van der Waals surface area contributed by atoms with Gasteiger partial charge in [-0.05, 0) is 23.3 Å². The molecule has 0 radical (unpaired) electrons. The van der Waals surface area contributed by atoms with E-state index < -0.39 is 0 Å². The van der Waals surface area contributed by atoms with E-state index in [0.29, 0.717) is 17.8 Å². The summed E-state index contributed by atoms with van der Waals surface area (Å²) in [5.74, 6) is 1.35. The molecule has 0 bridgehead atoms. The van der Waals surface area contributed by atoms with Gasteiger partial charge in [0.2, 0.25) is 0 Å². The highest BCUT2D eigenvalue weighted by atomic mass is 14.4. The van der Waals surface area contributed by atoms with Gasteiger partial charge >= 0.3 is 0 Å². The molecule has 0 aromatic carbocycles. The Kier molecular flexibility index (Phi) is 4.97. The van der Waals surface area contributed by atoms with Crippen molar-refractivity contribution in [3.05, 3.63) is 11.6 Å². The summed E-state index contributed by atoms with van der Waals surface area (Å²) in [5.41, 5.74) is 2.01. The Morgan fingerprint density at radius 3 is 1.62 bits per heavy atom. The summed E-state index contributed by atoms with van der Waals surface area (Å²) in [6, 6.07) is 0.